The third-order valence-corrected chi connectivity index (χ3v) is 15.4. The molecule has 3 aromatic rings. The topological polar surface area (TPSA) is 151 Å². The number of H-pyrrole nitrogens is 1. The fraction of sp³-hybridized carbons (Fsp3) is 0.565. The summed E-state index contributed by atoms with van der Waals surface area (Å²) in [5.41, 5.74) is -1.54. The first-order valence-corrected chi connectivity index (χ1v) is 21.2. The van der Waals surface area contributed by atoms with Crippen LogP contribution in [0.15, 0.2) is 48.6 Å². The molecule has 1 amide bonds. The molecule has 13 nitrogen and oxygen atoms in total. The highest BCUT2D eigenvalue weighted by atomic mass is 16.6. The Hall–Kier alpha value is -4.72. The number of esters is 3. The van der Waals surface area contributed by atoms with Gasteiger partial charge in [-0.3, -0.25) is 19.3 Å². The number of hydrogen-bond donors (Lipinski definition) is 2. The molecular formula is C46H56N4O9. The number of aromatic amines is 1. The van der Waals surface area contributed by atoms with E-state index in [1.54, 1.807) is 13.2 Å². The fourth-order valence-electron chi connectivity index (χ4n) is 13.3. The van der Waals surface area contributed by atoms with Crippen molar-refractivity contribution >= 4 is 40.9 Å². The van der Waals surface area contributed by atoms with Crippen LogP contribution in [0, 0.1) is 17.3 Å². The Kier molecular flexibility index (Phi) is 9.56. The summed E-state index contributed by atoms with van der Waals surface area (Å²) in [6.45, 7) is 9.32. The van der Waals surface area contributed by atoms with Crippen molar-refractivity contribution in [1.29, 1.82) is 0 Å². The molecule has 1 aromatic heterocycles. The Morgan fingerprint density at radius 1 is 1.00 bits per heavy atom. The molecule has 2 aromatic carbocycles. The number of carbonyl (C=O) groups is 4. The molecule has 10 atom stereocenters. The van der Waals surface area contributed by atoms with E-state index in [0.717, 1.165) is 54.6 Å². The molecule has 2 N–H and O–H groups in total. The first-order valence-electron chi connectivity index (χ1n) is 21.2. The summed E-state index contributed by atoms with van der Waals surface area (Å²) >= 11 is 0. The minimum atomic E-state index is -2.50. The number of carbonyl (C=O) groups excluding carboxylic acids is 4. The summed E-state index contributed by atoms with van der Waals surface area (Å²) in [6.07, 6.45) is 7.25. The van der Waals surface area contributed by atoms with Crippen molar-refractivity contribution < 1.29 is 43.2 Å². The Morgan fingerprint density at radius 2 is 1.78 bits per heavy atom. The van der Waals surface area contributed by atoms with E-state index in [1.807, 2.05) is 43.3 Å². The van der Waals surface area contributed by atoms with Gasteiger partial charge in [-0.05, 0) is 73.7 Å². The van der Waals surface area contributed by atoms with E-state index >= 15 is 4.79 Å². The smallest absolute Gasteiger partial charge is 0.344 e. The van der Waals surface area contributed by atoms with E-state index in [2.05, 4.69) is 27.8 Å². The monoisotopic (exact) mass is 808 g/mol. The second-order valence-electron chi connectivity index (χ2n) is 17.9. The van der Waals surface area contributed by atoms with Crippen molar-refractivity contribution in [3.8, 4) is 5.75 Å². The molecule has 314 valence electrons. The molecule has 59 heavy (non-hydrogen) atoms. The van der Waals surface area contributed by atoms with Crippen molar-refractivity contribution in [1.82, 2.24) is 14.8 Å². The number of hydrogen-bond acceptors (Lipinski definition) is 11. The van der Waals surface area contributed by atoms with Gasteiger partial charge in [0.15, 0.2) is 6.10 Å². The van der Waals surface area contributed by atoms with Gasteiger partial charge >= 0.3 is 17.9 Å². The standard InChI is InChI=1S/C46H56N4O9/c1-7-28-20-29-23-45(41(53)57-5,37-31(14-18-48(24-28)25-29)30-12-9-10-13-34(30)47-37)33-21-32-35(22-36(33)56-4)50(26-51)39-44(32)16-19-49-17-11-15-43(8-2,38(44)49)40(59-27(3)52)46(39,55)42(54)58-6/h9-13,15,21-22,26,28-29,38-40,47,55H,7-8,14,16-20,23-25H2,1-6H3/t28-,29+,38+,39-,40-,43-,44-,45+,46+/m1/s1. The van der Waals surface area contributed by atoms with Crippen LogP contribution in [0.25, 0.3) is 10.9 Å². The molecule has 6 aliphatic rings. The third kappa shape index (κ3) is 5.19. The lowest BCUT2D eigenvalue weighted by atomic mass is 9.47. The largest absolute Gasteiger partial charge is 0.496 e. The van der Waals surface area contributed by atoms with Crippen LogP contribution < -0.4 is 9.64 Å². The summed E-state index contributed by atoms with van der Waals surface area (Å²) in [5.74, 6) is -1.12. The maximum absolute atomic E-state index is 15.3. The first-order chi connectivity index (χ1) is 28.4. The van der Waals surface area contributed by atoms with Gasteiger partial charge < -0.3 is 38.8 Å². The number of anilines is 1. The van der Waals surface area contributed by atoms with Crippen molar-refractivity contribution in [2.75, 3.05) is 59.0 Å². The summed E-state index contributed by atoms with van der Waals surface area (Å²) in [6, 6.07) is 10.3. The lowest BCUT2D eigenvalue weighted by Crippen LogP contribution is -2.81. The number of benzene rings is 2. The fourth-order valence-corrected chi connectivity index (χ4v) is 13.3. The zero-order valence-electron chi connectivity index (χ0n) is 34.9. The maximum atomic E-state index is 15.3. The number of aromatic nitrogens is 1. The minimum Gasteiger partial charge on any atom is -0.496 e. The molecule has 1 saturated carbocycles. The summed E-state index contributed by atoms with van der Waals surface area (Å²) in [5, 5.41) is 14.3. The van der Waals surface area contributed by atoms with Gasteiger partial charge in [0.05, 0.1) is 33.1 Å². The molecular weight excluding hydrogens is 753 g/mol. The van der Waals surface area contributed by atoms with E-state index in [0.29, 0.717) is 73.7 Å². The average Bonchev–Trinajstić information content (AvgIpc) is 3.92. The molecule has 0 radical (unpaired) electrons. The lowest BCUT2D eigenvalue weighted by Gasteiger charge is -2.63. The Morgan fingerprint density at radius 3 is 2.47 bits per heavy atom. The molecule has 6 heterocycles. The molecule has 1 aliphatic carbocycles. The normalized spacial score (nSPS) is 35.6. The van der Waals surface area contributed by atoms with Gasteiger partial charge in [0.25, 0.3) is 0 Å². The molecule has 13 heteroatoms. The van der Waals surface area contributed by atoms with Crippen LogP contribution in [0.1, 0.15) is 75.3 Å². The zero-order valence-corrected chi connectivity index (χ0v) is 34.9. The number of methoxy groups -OCH3 is 3. The van der Waals surface area contributed by atoms with Gasteiger partial charge in [-0.15, -0.1) is 0 Å². The van der Waals surface area contributed by atoms with Crippen molar-refractivity contribution in [3.05, 3.63) is 70.9 Å². The molecule has 5 aliphatic heterocycles. The van der Waals surface area contributed by atoms with Crippen LogP contribution in [0.2, 0.25) is 0 Å². The summed E-state index contributed by atoms with van der Waals surface area (Å²) < 4.78 is 23.8. The highest BCUT2D eigenvalue weighted by Gasteiger charge is 2.81. The third-order valence-electron chi connectivity index (χ3n) is 15.4. The van der Waals surface area contributed by atoms with Gasteiger partial charge in [0, 0.05) is 78.2 Å². The number of piperidine rings is 1. The Balaban J connectivity index is 1.38. The summed E-state index contributed by atoms with van der Waals surface area (Å²) in [7, 11) is 4.19. The van der Waals surface area contributed by atoms with Crippen molar-refractivity contribution in [2.45, 2.75) is 93.9 Å². The summed E-state index contributed by atoms with van der Waals surface area (Å²) in [4.78, 5) is 66.5. The number of rotatable bonds is 8. The number of nitrogens with one attached hydrogen (secondary N) is 1. The highest BCUT2D eigenvalue weighted by molar-refractivity contribution is 5.96. The molecule has 3 fully saturated rings. The Labute approximate surface area is 345 Å². The van der Waals surface area contributed by atoms with Crippen LogP contribution in [-0.4, -0.2) is 122 Å². The number of para-hydroxylation sites is 1. The first kappa shape index (κ1) is 39.7. The zero-order chi connectivity index (χ0) is 41.6. The van der Waals surface area contributed by atoms with E-state index in [-0.39, 0.29) is 5.92 Å². The lowest BCUT2D eigenvalue weighted by molar-refractivity contribution is -0.228. The predicted molar refractivity (Wildman–Crippen MR) is 219 cm³/mol. The second-order valence-corrected chi connectivity index (χ2v) is 17.9. The van der Waals surface area contributed by atoms with Crippen molar-refractivity contribution in [2.24, 2.45) is 17.3 Å². The second kappa shape index (κ2) is 14.2. The van der Waals surface area contributed by atoms with Crippen LogP contribution in [0.3, 0.4) is 0 Å². The predicted octanol–water partition coefficient (Wildman–Crippen LogP) is 4.40. The molecule has 1 unspecified atom stereocenters. The van der Waals surface area contributed by atoms with Crippen LogP contribution >= 0.6 is 0 Å². The van der Waals surface area contributed by atoms with Gasteiger partial charge in [-0.25, -0.2) is 4.79 Å². The van der Waals surface area contributed by atoms with E-state index in [4.69, 9.17) is 18.9 Å². The van der Waals surface area contributed by atoms with Crippen LogP contribution in [0.4, 0.5) is 5.69 Å². The van der Waals surface area contributed by atoms with Crippen molar-refractivity contribution in [3.63, 3.8) is 0 Å². The maximum Gasteiger partial charge on any atom is 0.344 e. The van der Waals surface area contributed by atoms with Gasteiger partial charge in [-0.1, -0.05) is 50.6 Å². The average molecular weight is 809 g/mol. The van der Waals surface area contributed by atoms with E-state index in [9.17, 15) is 19.5 Å². The van der Waals surface area contributed by atoms with Crippen LogP contribution in [-0.2, 0) is 50.6 Å². The van der Waals surface area contributed by atoms with Gasteiger partial charge in [0.1, 0.15) is 11.2 Å². The van der Waals surface area contributed by atoms with E-state index in [1.165, 1.54) is 26.0 Å². The molecule has 2 saturated heterocycles. The highest BCUT2D eigenvalue weighted by Crippen LogP contribution is 2.68. The van der Waals surface area contributed by atoms with Gasteiger partial charge in [-0.2, -0.15) is 0 Å². The van der Waals surface area contributed by atoms with Gasteiger partial charge in [0.2, 0.25) is 12.0 Å². The molecule has 9 rings (SSSR count). The minimum absolute atomic E-state index is 0.127. The van der Waals surface area contributed by atoms with Crippen LogP contribution in [0.5, 0.6) is 5.75 Å². The number of aliphatic hydroxyl groups is 1. The number of nitrogens with zero attached hydrogens (tertiary/aromatic N) is 3. The SMILES string of the molecule is CC[C@@H]1C[C@@H]2CN(CCc3c([nH]c4ccccc34)[C@@](C(=O)OC)(c3cc4c(cc3OC)N(C=O)[C@H]3[C@@](O)(C(=O)OC)[C@H](OC(C)=O)[C@]5(CC)C=CCN6CC[C@]43[C@@H]65)C2)C1. The molecule has 1 spiro atoms. The van der Waals surface area contributed by atoms with E-state index < -0.39 is 57.9 Å². The number of ether oxygens (including phenoxy) is 4. The number of fused-ring (bicyclic) bond motifs is 6. The Bertz CT molecular complexity index is 2260. The number of amides is 1. The molecule has 2 bridgehead atoms. The quantitative estimate of drug-likeness (QED) is 0.144.